The van der Waals surface area contributed by atoms with Crippen molar-refractivity contribution in [2.24, 2.45) is 5.92 Å². The predicted octanol–water partition coefficient (Wildman–Crippen LogP) is 3.30. The van der Waals surface area contributed by atoms with Gasteiger partial charge in [-0.3, -0.25) is 9.78 Å². The lowest BCUT2D eigenvalue weighted by molar-refractivity contribution is -0.135. The topological polar surface area (TPSA) is 96.4 Å². The second kappa shape index (κ2) is 9.67. The molecule has 0 aliphatic carbocycles. The zero-order valence-electron chi connectivity index (χ0n) is 19.3. The van der Waals surface area contributed by atoms with Crippen molar-refractivity contribution in [2.75, 3.05) is 6.54 Å². The summed E-state index contributed by atoms with van der Waals surface area (Å²) in [5, 5.41) is 0. The van der Waals surface area contributed by atoms with Gasteiger partial charge in [0.25, 0.3) is 0 Å². The molecule has 4 heterocycles. The molecule has 0 saturated carbocycles. The highest BCUT2D eigenvalue weighted by atomic mass is 32.2. The highest BCUT2D eigenvalue weighted by molar-refractivity contribution is 7.89. The highest BCUT2D eigenvalue weighted by Gasteiger charge is 2.49. The number of piperidine rings is 1. The van der Waals surface area contributed by atoms with E-state index in [0.29, 0.717) is 31.8 Å². The lowest BCUT2D eigenvalue weighted by Gasteiger charge is -2.40. The Bertz CT molecular complexity index is 1300. The molecule has 2 aliphatic rings. The van der Waals surface area contributed by atoms with Crippen LogP contribution in [0.3, 0.4) is 0 Å². The first-order valence-corrected chi connectivity index (χ1v) is 13.2. The predicted molar refractivity (Wildman–Crippen MR) is 131 cm³/mol. The molecule has 1 amide bonds. The van der Waals surface area contributed by atoms with E-state index in [4.69, 9.17) is 0 Å². The zero-order valence-corrected chi connectivity index (χ0v) is 20.1. The van der Waals surface area contributed by atoms with Crippen LogP contribution >= 0.6 is 0 Å². The maximum atomic E-state index is 14.0. The normalized spacial score (nSPS) is 23.0. The minimum atomic E-state index is -3.93. The van der Waals surface area contributed by atoms with Gasteiger partial charge in [-0.1, -0.05) is 12.1 Å². The third-order valence-corrected chi connectivity index (χ3v) is 8.72. The average molecular weight is 490 g/mol. The minimum absolute atomic E-state index is 0.155. The Morgan fingerprint density at radius 1 is 0.971 bits per heavy atom. The maximum Gasteiger partial charge on any atom is 0.244 e. The van der Waals surface area contributed by atoms with E-state index in [0.717, 1.165) is 17.7 Å². The molecule has 0 radical (unpaired) electrons. The molecule has 3 atom stereocenters. The third-order valence-electron chi connectivity index (χ3n) is 6.77. The molecule has 9 heteroatoms. The van der Waals surface area contributed by atoms with Gasteiger partial charge in [-0.25, -0.2) is 18.4 Å². The number of nitrogens with zero attached hydrogens (tertiary/aromatic N) is 5. The van der Waals surface area contributed by atoms with Crippen molar-refractivity contribution in [3.63, 3.8) is 0 Å². The smallest absolute Gasteiger partial charge is 0.244 e. The van der Waals surface area contributed by atoms with E-state index in [2.05, 4.69) is 21.5 Å². The van der Waals surface area contributed by atoms with Gasteiger partial charge in [0.2, 0.25) is 15.9 Å². The van der Waals surface area contributed by atoms with Crippen LogP contribution in [0.25, 0.3) is 11.4 Å². The lowest BCUT2D eigenvalue weighted by Crippen LogP contribution is -2.54. The molecule has 1 aromatic carbocycles. The van der Waals surface area contributed by atoms with Crippen LogP contribution in [0.4, 0.5) is 0 Å². The minimum Gasteiger partial charge on any atom is -0.335 e. The summed E-state index contributed by atoms with van der Waals surface area (Å²) in [6, 6.07) is 12.8. The Morgan fingerprint density at radius 2 is 1.71 bits per heavy atom. The van der Waals surface area contributed by atoms with E-state index in [1.807, 2.05) is 18.2 Å². The Morgan fingerprint density at radius 3 is 2.40 bits per heavy atom. The largest absolute Gasteiger partial charge is 0.335 e. The summed E-state index contributed by atoms with van der Waals surface area (Å²) in [4.78, 5) is 28.4. The van der Waals surface area contributed by atoms with Gasteiger partial charge >= 0.3 is 0 Å². The van der Waals surface area contributed by atoms with Crippen LogP contribution in [0, 0.1) is 5.92 Å². The van der Waals surface area contributed by atoms with E-state index in [1.165, 1.54) is 4.31 Å². The quantitative estimate of drug-likeness (QED) is 0.493. The van der Waals surface area contributed by atoms with Crippen molar-refractivity contribution < 1.29 is 13.2 Å². The molecule has 3 aromatic rings. The van der Waals surface area contributed by atoms with Crippen LogP contribution in [0.2, 0.25) is 0 Å². The van der Waals surface area contributed by atoms with Crippen molar-refractivity contribution in [1.29, 1.82) is 0 Å². The summed E-state index contributed by atoms with van der Waals surface area (Å²) in [6.45, 7) is 4.74. The monoisotopic (exact) mass is 489 g/mol. The van der Waals surface area contributed by atoms with Crippen LogP contribution < -0.4 is 0 Å². The van der Waals surface area contributed by atoms with Gasteiger partial charge in [0.15, 0.2) is 5.82 Å². The number of hydrogen-bond donors (Lipinski definition) is 0. The van der Waals surface area contributed by atoms with Gasteiger partial charge in [0.1, 0.15) is 6.04 Å². The lowest BCUT2D eigenvalue weighted by atomic mass is 9.90. The van der Waals surface area contributed by atoms with E-state index in [9.17, 15) is 13.2 Å². The van der Waals surface area contributed by atoms with E-state index >= 15 is 0 Å². The van der Waals surface area contributed by atoms with Crippen LogP contribution in [0.5, 0.6) is 0 Å². The van der Waals surface area contributed by atoms with Gasteiger partial charge < -0.3 is 4.90 Å². The number of aromatic nitrogens is 3. The van der Waals surface area contributed by atoms with Crippen LogP contribution in [-0.2, 0) is 21.4 Å². The van der Waals surface area contributed by atoms with Gasteiger partial charge in [-0.2, -0.15) is 4.31 Å². The first-order chi connectivity index (χ1) is 17.0. The molecule has 5 rings (SSSR count). The molecule has 8 nitrogen and oxygen atoms in total. The summed E-state index contributed by atoms with van der Waals surface area (Å²) < 4.78 is 29.4. The summed E-state index contributed by atoms with van der Waals surface area (Å²) in [7, 11) is -3.93. The first-order valence-electron chi connectivity index (χ1n) is 11.7. The molecule has 2 aliphatic heterocycles. The molecule has 0 N–H and O–H groups in total. The molecule has 2 saturated heterocycles. The highest BCUT2D eigenvalue weighted by Crippen LogP contribution is 2.38. The number of sulfonamides is 1. The molecular weight excluding hydrogens is 462 g/mol. The average Bonchev–Trinajstić information content (AvgIpc) is 2.97. The number of rotatable bonds is 6. The molecule has 2 bridgehead atoms. The molecule has 1 unspecified atom stereocenters. The van der Waals surface area contributed by atoms with Crippen LogP contribution in [-0.4, -0.2) is 57.1 Å². The van der Waals surface area contributed by atoms with E-state index in [-0.39, 0.29) is 22.8 Å². The number of pyridine rings is 1. The third kappa shape index (κ3) is 4.49. The molecule has 0 spiro atoms. The standard InChI is InChI=1S/C26H27N5O3S/c1-2-19-17-30(18-21-7-3-4-14-27-21)26(32)24-9-5-8-23(19)31(24)35(33,34)22-12-10-20(11-13-22)25-28-15-6-16-29-25/h2-4,6-7,10-16,19,23-24H,1,5,8-9,17-18H2/t19-,23-,24?/m0/s1. The number of carbonyl (C=O) groups is 1. The summed E-state index contributed by atoms with van der Waals surface area (Å²) in [6.07, 6.45) is 8.74. The summed E-state index contributed by atoms with van der Waals surface area (Å²) in [5.41, 5.74) is 1.50. The Balaban J connectivity index is 1.49. The van der Waals surface area contributed by atoms with Crippen LogP contribution in [0.1, 0.15) is 25.0 Å². The van der Waals surface area contributed by atoms with Crippen molar-refractivity contribution in [3.05, 3.63) is 85.5 Å². The van der Waals surface area contributed by atoms with Crippen molar-refractivity contribution in [2.45, 2.75) is 42.8 Å². The Labute approximate surface area is 205 Å². The summed E-state index contributed by atoms with van der Waals surface area (Å²) >= 11 is 0. The van der Waals surface area contributed by atoms with Gasteiger partial charge in [0, 0.05) is 42.7 Å². The molecule has 2 aromatic heterocycles. The number of benzene rings is 1. The van der Waals surface area contributed by atoms with Crippen LogP contribution in [0.15, 0.2) is 84.7 Å². The van der Waals surface area contributed by atoms with E-state index < -0.39 is 16.1 Å². The van der Waals surface area contributed by atoms with Gasteiger partial charge in [0.05, 0.1) is 17.1 Å². The molecule has 35 heavy (non-hydrogen) atoms. The van der Waals surface area contributed by atoms with Crippen molar-refractivity contribution in [1.82, 2.24) is 24.2 Å². The fourth-order valence-electron chi connectivity index (χ4n) is 5.07. The maximum absolute atomic E-state index is 14.0. The van der Waals surface area contributed by atoms with E-state index in [1.54, 1.807) is 59.9 Å². The van der Waals surface area contributed by atoms with Crippen molar-refractivity contribution in [3.8, 4) is 11.4 Å². The molecule has 180 valence electrons. The van der Waals surface area contributed by atoms with Crippen molar-refractivity contribution >= 4 is 15.9 Å². The molecular formula is C26H27N5O3S. The Kier molecular flexibility index (Phi) is 6.44. The molecule has 2 fully saturated rings. The number of hydrogen-bond acceptors (Lipinski definition) is 6. The van der Waals surface area contributed by atoms with Gasteiger partial charge in [-0.05, 0) is 61.7 Å². The fraction of sp³-hybridized carbons (Fsp3) is 0.308. The summed E-state index contributed by atoms with van der Waals surface area (Å²) in [5.74, 6) is 0.164. The second-order valence-electron chi connectivity index (χ2n) is 8.89. The SMILES string of the molecule is C=C[C@H]1CN(Cc2ccccn2)C(=O)C2CCC[C@@H]1N2S(=O)(=O)c1ccc(-c2ncccn2)cc1. The number of carbonyl (C=O) groups excluding carboxylic acids is 1. The Hall–Kier alpha value is -3.43. The van der Waals surface area contributed by atoms with Gasteiger partial charge in [-0.15, -0.1) is 6.58 Å². The zero-order chi connectivity index (χ0) is 24.4. The fourth-order valence-corrected chi connectivity index (χ4v) is 6.94. The second-order valence-corrected chi connectivity index (χ2v) is 10.7. The first kappa shape index (κ1) is 23.3. The number of amides is 1. The number of fused-ring (bicyclic) bond motifs is 2.